The van der Waals surface area contributed by atoms with Gasteiger partial charge in [0.2, 0.25) is 0 Å². The van der Waals surface area contributed by atoms with Gasteiger partial charge in [-0.25, -0.2) is 0 Å². The summed E-state index contributed by atoms with van der Waals surface area (Å²) >= 11 is 0. The summed E-state index contributed by atoms with van der Waals surface area (Å²) in [7, 11) is 0. The lowest BCUT2D eigenvalue weighted by molar-refractivity contribution is 0.105. The summed E-state index contributed by atoms with van der Waals surface area (Å²) in [6, 6.07) is 10.3. The van der Waals surface area contributed by atoms with E-state index in [1.54, 1.807) is 6.08 Å². The van der Waals surface area contributed by atoms with Crippen molar-refractivity contribution in [3.8, 4) is 11.1 Å². The Morgan fingerprint density at radius 2 is 1.80 bits per heavy atom. The Bertz CT molecular complexity index is 564. The van der Waals surface area contributed by atoms with Crippen molar-refractivity contribution in [3.63, 3.8) is 0 Å². The van der Waals surface area contributed by atoms with E-state index >= 15 is 0 Å². The number of aryl methyl sites for hydroxylation is 1. The lowest BCUT2D eigenvalue weighted by atomic mass is 10.1. The largest absolute Gasteiger partial charge is 0.289 e. The summed E-state index contributed by atoms with van der Waals surface area (Å²) in [5.41, 5.74) is 5.33. The Hall–Kier alpha value is -1.89. The van der Waals surface area contributed by atoms with Gasteiger partial charge in [-0.15, -0.1) is 0 Å². The van der Waals surface area contributed by atoms with Crippen LogP contribution < -0.4 is 0 Å². The third-order valence-corrected chi connectivity index (χ3v) is 2.88. The molecule has 0 fully saturated rings. The molecule has 0 bridgehead atoms. The molecule has 0 saturated heterocycles. The van der Waals surface area contributed by atoms with Crippen molar-refractivity contribution in [1.29, 1.82) is 0 Å². The zero-order valence-corrected chi connectivity index (χ0v) is 8.45. The molecule has 0 unspecified atom stereocenters. The molecule has 0 amide bonds. The van der Waals surface area contributed by atoms with E-state index in [0.717, 1.165) is 22.3 Å². The monoisotopic (exact) mass is 194 g/mol. The van der Waals surface area contributed by atoms with E-state index in [0.29, 0.717) is 0 Å². The van der Waals surface area contributed by atoms with Gasteiger partial charge in [-0.1, -0.05) is 35.9 Å². The second-order valence-corrected chi connectivity index (χ2v) is 3.95. The minimum absolute atomic E-state index is 0.129. The molecule has 15 heavy (non-hydrogen) atoms. The van der Waals surface area contributed by atoms with Gasteiger partial charge in [0.15, 0.2) is 5.78 Å². The lowest BCUT2D eigenvalue weighted by Gasteiger charge is -1.94. The van der Waals surface area contributed by atoms with E-state index in [1.165, 1.54) is 5.56 Å². The highest BCUT2D eigenvalue weighted by atomic mass is 16.1. The van der Waals surface area contributed by atoms with Crippen LogP contribution in [0.5, 0.6) is 0 Å². The fraction of sp³-hybridized carbons (Fsp3) is 0.0714. The fourth-order valence-corrected chi connectivity index (χ4v) is 2.08. The highest BCUT2D eigenvalue weighted by Crippen LogP contribution is 2.35. The molecule has 0 aromatic carbocycles. The Labute approximate surface area is 88.4 Å². The molecule has 0 spiro atoms. The number of hydrogen-bond donors (Lipinski definition) is 0. The van der Waals surface area contributed by atoms with Crippen molar-refractivity contribution in [2.24, 2.45) is 0 Å². The summed E-state index contributed by atoms with van der Waals surface area (Å²) in [6.45, 7) is 2.05. The lowest BCUT2D eigenvalue weighted by Crippen LogP contribution is -1.89. The van der Waals surface area contributed by atoms with E-state index in [1.807, 2.05) is 18.2 Å². The van der Waals surface area contributed by atoms with Crippen LogP contribution in [0.4, 0.5) is 0 Å². The smallest absolute Gasteiger partial charge is 0.187 e. The first kappa shape index (κ1) is 8.42. The minimum atomic E-state index is 0.129. The third-order valence-electron chi connectivity index (χ3n) is 2.88. The maximum Gasteiger partial charge on any atom is 0.187 e. The van der Waals surface area contributed by atoms with E-state index in [-0.39, 0.29) is 5.78 Å². The quantitative estimate of drug-likeness (QED) is 0.628. The van der Waals surface area contributed by atoms with Gasteiger partial charge in [-0.05, 0) is 35.8 Å². The van der Waals surface area contributed by atoms with Crippen LogP contribution in [0.2, 0.25) is 0 Å². The minimum Gasteiger partial charge on any atom is -0.289 e. The molecule has 1 nitrogen and oxygen atoms in total. The van der Waals surface area contributed by atoms with Gasteiger partial charge in [0, 0.05) is 5.56 Å². The maximum atomic E-state index is 11.6. The van der Waals surface area contributed by atoms with E-state index in [9.17, 15) is 4.79 Å². The van der Waals surface area contributed by atoms with Crippen molar-refractivity contribution in [3.05, 3.63) is 53.1 Å². The summed E-state index contributed by atoms with van der Waals surface area (Å²) in [4.78, 5) is 11.6. The zero-order chi connectivity index (χ0) is 10.4. The van der Waals surface area contributed by atoms with Crippen LogP contribution in [0, 0.1) is 6.92 Å². The molecule has 0 radical (unpaired) electrons. The first-order valence-corrected chi connectivity index (χ1v) is 5.01. The topological polar surface area (TPSA) is 17.1 Å². The second kappa shape index (κ2) is 2.80. The Morgan fingerprint density at radius 3 is 2.67 bits per heavy atom. The van der Waals surface area contributed by atoms with Gasteiger partial charge in [-0.3, -0.25) is 4.79 Å². The maximum absolute atomic E-state index is 11.6. The number of ketones is 1. The van der Waals surface area contributed by atoms with Gasteiger partial charge < -0.3 is 0 Å². The number of hydrogen-bond acceptors (Lipinski definition) is 1. The second-order valence-electron chi connectivity index (χ2n) is 3.95. The van der Waals surface area contributed by atoms with Gasteiger partial charge in [0.1, 0.15) is 0 Å². The number of carbonyl (C=O) groups is 1. The molecule has 1 heteroatoms. The van der Waals surface area contributed by atoms with Crippen LogP contribution >= 0.6 is 0 Å². The predicted octanol–water partition coefficient (Wildman–Crippen LogP) is 3.31. The first-order chi connectivity index (χ1) is 7.25. The Morgan fingerprint density at radius 1 is 1.00 bits per heavy atom. The van der Waals surface area contributed by atoms with Gasteiger partial charge >= 0.3 is 0 Å². The number of allylic oxidation sites excluding steroid dienone is 1. The molecule has 72 valence electrons. The molecule has 0 atom stereocenters. The molecular weight excluding hydrogens is 184 g/mol. The highest BCUT2D eigenvalue weighted by Gasteiger charge is 2.21. The molecule has 3 aliphatic rings. The van der Waals surface area contributed by atoms with E-state index in [2.05, 4.69) is 25.1 Å². The third kappa shape index (κ3) is 1.13. The molecule has 0 heterocycles. The normalized spacial score (nSPS) is 13.5. The molecule has 0 saturated carbocycles. The van der Waals surface area contributed by atoms with Crippen molar-refractivity contribution in [2.75, 3.05) is 0 Å². The molecule has 0 aromatic rings. The number of carbonyl (C=O) groups excluding carboxylic acids is 1. The Kier molecular flexibility index (Phi) is 1.57. The molecule has 3 rings (SSSR count). The van der Waals surface area contributed by atoms with Gasteiger partial charge in [0.05, 0.1) is 0 Å². The average Bonchev–Trinajstić information content (AvgIpc) is 2.68. The van der Waals surface area contributed by atoms with Crippen LogP contribution in [0.25, 0.3) is 17.2 Å². The molecule has 3 aliphatic carbocycles. The van der Waals surface area contributed by atoms with E-state index < -0.39 is 0 Å². The van der Waals surface area contributed by atoms with Crippen LogP contribution in [0.15, 0.2) is 36.4 Å². The summed E-state index contributed by atoms with van der Waals surface area (Å²) in [5.74, 6) is 0.129. The molecular formula is C14H10O. The number of fused-ring (bicyclic) bond motifs is 3. The fourth-order valence-electron chi connectivity index (χ4n) is 2.08. The molecule has 0 aromatic heterocycles. The predicted molar refractivity (Wildman–Crippen MR) is 61.2 cm³/mol. The van der Waals surface area contributed by atoms with Gasteiger partial charge in [0.25, 0.3) is 0 Å². The molecule has 0 aliphatic heterocycles. The van der Waals surface area contributed by atoms with Crippen molar-refractivity contribution >= 4 is 11.9 Å². The van der Waals surface area contributed by atoms with Crippen molar-refractivity contribution < 1.29 is 4.79 Å². The van der Waals surface area contributed by atoms with Crippen LogP contribution in [-0.2, 0) is 0 Å². The highest BCUT2D eigenvalue weighted by molar-refractivity contribution is 6.18. The average molecular weight is 194 g/mol. The van der Waals surface area contributed by atoms with Crippen LogP contribution in [0.3, 0.4) is 0 Å². The van der Waals surface area contributed by atoms with Gasteiger partial charge in [-0.2, -0.15) is 0 Å². The van der Waals surface area contributed by atoms with Crippen LogP contribution in [0.1, 0.15) is 21.5 Å². The first-order valence-electron chi connectivity index (χ1n) is 5.01. The van der Waals surface area contributed by atoms with Crippen LogP contribution in [-0.4, -0.2) is 5.78 Å². The molecule has 0 N–H and O–H groups in total. The Balaban J connectivity index is 2.38. The van der Waals surface area contributed by atoms with Crippen molar-refractivity contribution in [1.82, 2.24) is 0 Å². The zero-order valence-electron chi connectivity index (χ0n) is 8.45. The SMILES string of the molecule is Cc1ccc2cc3c(c-2cc1)C(=O)C=C3. The van der Waals surface area contributed by atoms with Crippen molar-refractivity contribution in [2.45, 2.75) is 6.92 Å². The summed E-state index contributed by atoms with van der Waals surface area (Å²) in [5, 5.41) is 0. The van der Waals surface area contributed by atoms with E-state index in [4.69, 9.17) is 0 Å². The number of rotatable bonds is 0. The summed E-state index contributed by atoms with van der Waals surface area (Å²) < 4.78 is 0. The summed E-state index contributed by atoms with van der Waals surface area (Å²) in [6.07, 6.45) is 3.54. The standard InChI is InChI=1S/C14H10O/c1-9-2-4-10-8-11-5-7-13(15)14(11)12(10)6-3-9/h2-8H,1H3.